The number of likely N-dealkylation sites (tertiary alicyclic amines) is 1. The molecule has 1 aliphatic heterocycles. The third-order valence-corrected chi connectivity index (χ3v) is 4.34. The molecule has 0 unspecified atom stereocenters. The van der Waals surface area contributed by atoms with Gasteiger partial charge in [0.25, 0.3) is 0 Å². The minimum Gasteiger partial charge on any atom is -0.369 e. The van der Waals surface area contributed by atoms with Gasteiger partial charge < -0.3 is 16.0 Å². The van der Waals surface area contributed by atoms with Crippen molar-refractivity contribution in [2.24, 2.45) is 11.7 Å². The minimum atomic E-state index is -0.600. The maximum Gasteiger partial charge on any atom is 0.317 e. The van der Waals surface area contributed by atoms with Gasteiger partial charge in [-0.3, -0.25) is 4.79 Å². The molecule has 1 aromatic carbocycles. The fourth-order valence-electron chi connectivity index (χ4n) is 2.40. The van der Waals surface area contributed by atoms with Crippen LogP contribution >= 0.6 is 23.2 Å². The molecule has 3 N–H and O–H groups in total. The fourth-order valence-corrected chi connectivity index (χ4v) is 2.95. The highest BCUT2D eigenvalue weighted by Crippen LogP contribution is 2.29. The molecule has 2 rings (SSSR count). The van der Waals surface area contributed by atoms with Crippen molar-refractivity contribution in [3.63, 3.8) is 0 Å². The van der Waals surface area contributed by atoms with Crippen molar-refractivity contribution in [3.8, 4) is 0 Å². The molecular weight excluding hydrogens is 332 g/mol. The van der Waals surface area contributed by atoms with Crippen LogP contribution in [-0.2, 0) is 4.79 Å². The highest BCUT2D eigenvalue weighted by molar-refractivity contribution is 6.35. The second kappa shape index (κ2) is 6.71. The molecule has 1 aliphatic rings. The monoisotopic (exact) mass is 347 g/mol. The van der Waals surface area contributed by atoms with Crippen molar-refractivity contribution in [1.82, 2.24) is 10.2 Å². The van der Waals surface area contributed by atoms with E-state index in [2.05, 4.69) is 5.32 Å². The summed E-state index contributed by atoms with van der Waals surface area (Å²) in [5.74, 6) is -1.33. The standard InChI is InChI=1S/C14H16Cl2FN3O2/c1-7(9-4-12(17)11(16)5-10(9)15)19-14(22)20-3-2-8(6-20)13(18)21/h4-5,7-8H,2-3,6H2,1H3,(H2,18,21)(H,19,22)/t7-,8-/m0/s1. The molecule has 1 aromatic rings. The molecular formula is C14H16Cl2FN3O2. The summed E-state index contributed by atoms with van der Waals surface area (Å²) in [6, 6.07) is 1.66. The predicted molar refractivity (Wildman–Crippen MR) is 82.2 cm³/mol. The van der Waals surface area contributed by atoms with E-state index in [-0.39, 0.29) is 28.5 Å². The van der Waals surface area contributed by atoms with Gasteiger partial charge >= 0.3 is 6.03 Å². The summed E-state index contributed by atoms with van der Waals surface area (Å²) in [6.07, 6.45) is 0.549. The third-order valence-electron chi connectivity index (χ3n) is 3.72. The highest BCUT2D eigenvalue weighted by Gasteiger charge is 2.30. The second-order valence-electron chi connectivity index (χ2n) is 5.29. The number of nitrogens with two attached hydrogens (primary N) is 1. The largest absolute Gasteiger partial charge is 0.369 e. The molecule has 0 spiro atoms. The highest BCUT2D eigenvalue weighted by atomic mass is 35.5. The van der Waals surface area contributed by atoms with Crippen molar-refractivity contribution < 1.29 is 14.0 Å². The number of hydrogen-bond acceptors (Lipinski definition) is 2. The van der Waals surface area contributed by atoms with E-state index in [4.69, 9.17) is 28.9 Å². The van der Waals surface area contributed by atoms with Crippen LogP contribution in [0, 0.1) is 11.7 Å². The summed E-state index contributed by atoms with van der Waals surface area (Å²) in [5, 5.41) is 2.93. The quantitative estimate of drug-likeness (QED) is 0.824. The zero-order valence-corrected chi connectivity index (χ0v) is 13.4. The molecule has 0 radical (unpaired) electrons. The lowest BCUT2D eigenvalue weighted by Crippen LogP contribution is -2.40. The Morgan fingerprint density at radius 1 is 1.41 bits per heavy atom. The molecule has 120 valence electrons. The first-order chi connectivity index (χ1) is 10.3. The molecule has 0 aliphatic carbocycles. The Balaban J connectivity index is 2.03. The SMILES string of the molecule is C[C@H](NC(=O)N1CC[C@H](C(N)=O)C1)c1cc(F)c(Cl)cc1Cl. The Morgan fingerprint density at radius 2 is 2.09 bits per heavy atom. The Morgan fingerprint density at radius 3 is 2.68 bits per heavy atom. The number of rotatable bonds is 3. The number of urea groups is 1. The Bertz CT molecular complexity index is 612. The molecule has 0 bridgehead atoms. The Kier molecular flexibility index (Phi) is 5.13. The smallest absolute Gasteiger partial charge is 0.317 e. The fraction of sp³-hybridized carbons (Fsp3) is 0.429. The third kappa shape index (κ3) is 3.62. The van der Waals surface area contributed by atoms with Crippen molar-refractivity contribution in [1.29, 1.82) is 0 Å². The van der Waals surface area contributed by atoms with Crippen LogP contribution in [0.25, 0.3) is 0 Å². The van der Waals surface area contributed by atoms with Gasteiger partial charge in [0.05, 0.1) is 17.0 Å². The van der Waals surface area contributed by atoms with Crippen LogP contribution in [-0.4, -0.2) is 29.9 Å². The van der Waals surface area contributed by atoms with Gasteiger partial charge in [-0.05, 0) is 31.0 Å². The number of nitrogens with one attached hydrogen (secondary N) is 1. The summed E-state index contributed by atoms with van der Waals surface area (Å²) in [4.78, 5) is 24.8. The number of primary amides is 1. The van der Waals surface area contributed by atoms with Gasteiger partial charge in [-0.1, -0.05) is 23.2 Å². The van der Waals surface area contributed by atoms with Crippen LogP contribution in [0.2, 0.25) is 10.0 Å². The summed E-state index contributed by atoms with van der Waals surface area (Å²) < 4.78 is 13.5. The first-order valence-electron chi connectivity index (χ1n) is 6.78. The molecule has 3 amide bonds. The molecule has 22 heavy (non-hydrogen) atoms. The Hall–Kier alpha value is -1.53. The Labute approximate surface area is 137 Å². The lowest BCUT2D eigenvalue weighted by Gasteiger charge is -2.22. The number of amides is 3. The first-order valence-corrected chi connectivity index (χ1v) is 7.54. The normalized spacial score (nSPS) is 19.1. The van der Waals surface area contributed by atoms with Gasteiger partial charge in [0, 0.05) is 18.1 Å². The number of nitrogens with zero attached hydrogens (tertiary/aromatic N) is 1. The van der Waals surface area contributed by atoms with Crippen LogP contribution in [0.5, 0.6) is 0 Å². The average molecular weight is 348 g/mol. The van der Waals surface area contributed by atoms with E-state index in [0.29, 0.717) is 18.5 Å². The van der Waals surface area contributed by atoms with E-state index in [1.807, 2.05) is 0 Å². The topological polar surface area (TPSA) is 75.4 Å². The molecule has 0 aromatic heterocycles. The van der Waals surface area contributed by atoms with Crippen LogP contribution in [0.15, 0.2) is 12.1 Å². The van der Waals surface area contributed by atoms with Crippen LogP contribution < -0.4 is 11.1 Å². The number of hydrogen-bond donors (Lipinski definition) is 2. The van der Waals surface area contributed by atoms with Crippen LogP contribution in [0.3, 0.4) is 0 Å². The van der Waals surface area contributed by atoms with E-state index in [1.54, 1.807) is 6.92 Å². The van der Waals surface area contributed by atoms with Crippen molar-refractivity contribution in [2.75, 3.05) is 13.1 Å². The van der Waals surface area contributed by atoms with Gasteiger partial charge in [-0.2, -0.15) is 0 Å². The summed E-state index contributed by atoms with van der Waals surface area (Å²) in [6.45, 7) is 2.43. The van der Waals surface area contributed by atoms with E-state index in [9.17, 15) is 14.0 Å². The van der Waals surface area contributed by atoms with Gasteiger partial charge in [-0.15, -0.1) is 0 Å². The molecule has 0 saturated carbocycles. The molecule has 1 saturated heterocycles. The predicted octanol–water partition coefficient (Wildman–Crippen LogP) is 2.71. The van der Waals surface area contributed by atoms with Crippen LogP contribution in [0.4, 0.5) is 9.18 Å². The number of benzene rings is 1. The molecule has 8 heteroatoms. The lowest BCUT2D eigenvalue weighted by atomic mass is 10.1. The van der Waals surface area contributed by atoms with Crippen LogP contribution in [0.1, 0.15) is 24.9 Å². The van der Waals surface area contributed by atoms with E-state index >= 15 is 0 Å². The van der Waals surface area contributed by atoms with E-state index < -0.39 is 17.8 Å². The number of carbonyl (C=O) groups excluding carboxylic acids is 2. The maximum absolute atomic E-state index is 13.5. The minimum absolute atomic E-state index is 0.0730. The van der Waals surface area contributed by atoms with Crippen molar-refractivity contribution in [2.45, 2.75) is 19.4 Å². The summed E-state index contributed by atoms with van der Waals surface area (Å²) in [7, 11) is 0. The number of carbonyl (C=O) groups is 2. The average Bonchev–Trinajstić information content (AvgIpc) is 2.92. The first kappa shape index (κ1) is 16.8. The maximum atomic E-state index is 13.5. The van der Waals surface area contributed by atoms with Gasteiger partial charge in [-0.25, -0.2) is 9.18 Å². The number of halogens is 3. The van der Waals surface area contributed by atoms with Gasteiger partial charge in [0.1, 0.15) is 5.82 Å². The van der Waals surface area contributed by atoms with Crippen molar-refractivity contribution >= 4 is 35.1 Å². The molecule has 5 nitrogen and oxygen atoms in total. The van der Waals surface area contributed by atoms with Gasteiger partial charge in [0.15, 0.2) is 0 Å². The summed E-state index contributed by atoms with van der Waals surface area (Å²) in [5.41, 5.74) is 5.67. The zero-order chi connectivity index (χ0) is 16.4. The molecule has 1 heterocycles. The zero-order valence-electron chi connectivity index (χ0n) is 11.9. The summed E-state index contributed by atoms with van der Waals surface area (Å²) >= 11 is 11.7. The lowest BCUT2D eigenvalue weighted by molar-refractivity contribution is -0.121. The van der Waals surface area contributed by atoms with E-state index in [1.165, 1.54) is 17.0 Å². The van der Waals surface area contributed by atoms with E-state index in [0.717, 1.165) is 0 Å². The van der Waals surface area contributed by atoms with Crippen molar-refractivity contribution in [3.05, 3.63) is 33.6 Å². The molecule has 1 fully saturated rings. The second-order valence-corrected chi connectivity index (χ2v) is 6.11. The molecule has 2 atom stereocenters. The van der Waals surface area contributed by atoms with Gasteiger partial charge in [0.2, 0.25) is 5.91 Å².